The van der Waals surface area contributed by atoms with Crippen LogP contribution in [0.25, 0.3) is 22.0 Å². The van der Waals surface area contributed by atoms with Crippen LogP contribution in [-0.4, -0.2) is 68.0 Å². The van der Waals surface area contributed by atoms with Crippen LogP contribution in [0.3, 0.4) is 0 Å². The predicted octanol–water partition coefficient (Wildman–Crippen LogP) is 7.23. The molecule has 3 aromatic carbocycles. The Labute approximate surface area is 280 Å². The quantitative estimate of drug-likeness (QED) is 0.187. The van der Waals surface area contributed by atoms with Gasteiger partial charge in [0.2, 0.25) is 5.95 Å². The number of hydrogen-bond acceptors (Lipinski definition) is 7. The molecule has 0 bridgehead atoms. The highest BCUT2D eigenvalue weighted by Crippen LogP contribution is 2.32. The molecule has 2 atom stereocenters. The van der Waals surface area contributed by atoms with Gasteiger partial charge >= 0.3 is 0 Å². The molecule has 9 nitrogen and oxygen atoms in total. The van der Waals surface area contributed by atoms with Gasteiger partial charge in [-0.2, -0.15) is 0 Å². The van der Waals surface area contributed by atoms with Crippen molar-refractivity contribution in [1.29, 1.82) is 0 Å². The minimum atomic E-state index is 0.00867. The number of nitrogens with zero attached hydrogens (tertiary/aromatic N) is 5. The Balaban J connectivity index is 0.961. The molecule has 1 amide bonds. The van der Waals surface area contributed by atoms with Crippen LogP contribution in [0.4, 0.5) is 5.95 Å². The van der Waals surface area contributed by atoms with E-state index in [1.165, 1.54) is 5.56 Å². The number of aromatic nitrogens is 3. The third kappa shape index (κ3) is 5.99. The van der Waals surface area contributed by atoms with Crippen LogP contribution >= 0.6 is 0 Å². The van der Waals surface area contributed by atoms with Crippen LogP contribution < -0.4 is 5.32 Å². The standard InChI is InChI=1S/C39H42N6O3/c1-26-33-12-6-9-15-36(33)48-37(26)38(46)44-21-18-30(23-31(44)22-28-10-4-3-5-11-28)43-19-16-29(17-20-43)41-39-42-34-13-7-8-14-35(34)45(39)25-32-24-40-27(2)47-32/h3-15,24,29-31H,16-23,25H2,1-2H3,(H,41,42)/t30-,31+/m0/s1. The fraction of sp³-hybridized carbons (Fsp3) is 0.359. The molecule has 5 heterocycles. The first-order valence-electron chi connectivity index (χ1n) is 17.2. The van der Waals surface area contributed by atoms with Crippen LogP contribution in [-0.2, 0) is 13.0 Å². The second-order valence-electron chi connectivity index (χ2n) is 13.4. The Morgan fingerprint density at radius 2 is 1.67 bits per heavy atom. The Bertz CT molecular complexity index is 2040. The molecule has 0 unspecified atom stereocenters. The Hall–Kier alpha value is -4.89. The zero-order valence-electron chi connectivity index (χ0n) is 27.6. The van der Waals surface area contributed by atoms with Gasteiger partial charge in [-0.25, -0.2) is 9.97 Å². The summed E-state index contributed by atoms with van der Waals surface area (Å²) in [6, 6.07) is 27.6. The second kappa shape index (κ2) is 13.0. The summed E-state index contributed by atoms with van der Waals surface area (Å²) in [5.74, 6) is 2.85. The molecule has 0 radical (unpaired) electrons. The van der Waals surface area contributed by atoms with Crippen LogP contribution in [0.15, 0.2) is 93.9 Å². The minimum absolute atomic E-state index is 0.00867. The SMILES string of the molecule is Cc1ncc(Cn2c(NC3CCN([C@H]4CCN(C(=O)c5oc6ccccc6c5C)[C@H](Cc5ccccc5)C4)CC3)nc3ccccc32)o1. The topological polar surface area (TPSA) is 92.6 Å². The van der Waals surface area contributed by atoms with E-state index in [0.29, 0.717) is 30.3 Å². The number of benzene rings is 3. The number of hydrogen-bond donors (Lipinski definition) is 1. The summed E-state index contributed by atoms with van der Waals surface area (Å²) >= 11 is 0. The molecule has 1 N–H and O–H groups in total. The lowest BCUT2D eigenvalue weighted by atomic mass is 9.89. The van der Waals surface area contributed by atoms with Crippen LogP contribution in [0.2, 0.25) is 0 Å². The van der Waals surface area contributed by atoms with E-state index in [2.05, 4.69) is 73.2 Å². The highest BCUT2D eigenvalue weighted by molar-refractivity contribution is 5.99. The summed E-state index contributed by atoms with van der Waals surface area (Å²) in [5, 5.41) is 4.80. The smallest absolute Gasteiger partial charge is 0.290 e. The number of nitrogens with one attached hydrogen (secondary N) is 1. The summed E-state index contributed by atoms with van der Waals surface area (Å²) in [6.07, 6.45) is 6.61. The van der Waals surface area contributed by atoms with Crippen molar-refractivity contribution in [3.05, 3.63) is 114 Å². The van der Waals surface area contributed by atoms with Gasteiger partial charge in [-0.05, 0) is 62.8 Å². The van der Waals surface area contributed by atoms with Crippen molar-refractivity contribution in [2.75, 3.05) is 25.0 Å². The van der Waals surface area contributed by atoms with E-state index in [1.807, 2.05) is 44.2 Å². The number of furan rings is 1. The number of oxazole rings is 1. The number of likely N-dealkylation sites (tertiary alicyclic amines) is 2. The number of fused-ring (bicyclic) bond motifs is 2. The number of anilines is 1. The fourth-order valence-corrected chi connectivity index (χ4v) is 7.79. The van der Waals surface area contributed by atoms with Crippen LogP contribution in [0, 0.1) is 13.8 Å². The number of amides is 1. The summed E-state index contributed by atoms with van der Waals surface area (Å²) in [6.45, 7) is 7.20. The second-order valence-corrected chi connectivity index (χ2v) is 13.4. The highest BCUT2D eigenvalue weighted by Gasteiger charge is 2.37. The number of imidazole rings is 1. The molecular formula is C39H42N6O3. The molecular weight excluding hydrogens is 600 g/mol. The van der Waals surface area contributed by atoms with Gasteiger partial charge in [-0.15, -0.1) is 0 Å². The predicted molar refractivity (Wildman–Crippen MR) is 187 cm³/mol. The number of para-hydroxylation sites is 3. The van der Waals surface area contributed by atoms with Crippen LogP contribution in [0.5, 0.6) is 0 Å². The summed E-state index contributed by atoms with van der Waals surface area (Å²) < 4.78 is 14.2. The average molecular weight is 643 g/mol. The number of aryl methyl sites for hydroxylation is 2. The van der Waals surface area contributed by atoms with Gasteiger partial charge in [-0.3, -0.25) is 4.79 Å². The largest absolute Gasteiger partial charge is 0.451 e. The Morgan fingerprint density at radius 3 is 2.46 bits per heavy atom. The zero-order valence-corrected chi connectivity index (χ0v) is 27.6. The molecule has 3 aromatic heterocycles. The van der Waals surface area contributed by atoms with Gasteiger partial charge in [-0.1, -0.05) is 60.7 Å². The Kier molecular flexibility index (Phi) is 8.22. The van der Waals surface area contributed by atoms with E-state index in [-0.39, 0.29) is 11.9 Å². The maximum Gasteiger partial charge on any atom is 0.290 e. The molecule has 2 aliphatic rings. The molecule has 2 aliphatic heterocycles. The van der Waals surface area contributed by atoms with E-state index in [1.54, 1.807) is 6.20 Å². The van der Waals surface area contributed by atoms with Crippen LogP contribution in [0.1, 0.15) is 59.0 Å². The van der Waals surface area contributed by atoms with E-state index >= 15 is 0 Å². The monoisotopic (exact) mass is 642 g/mol. The van der Waals surface area contributed by atoms with E-state index in [9.17, 15) is 4.79 Å². The molecule has 246 valence electrons. The van der Waals surface area contributed by atoms with Gasteiger partial charge in [0.15, 0.2) is 11.7 Å². The summed E-state index contributed by atoms with van der Waals surface area (Å²) in [4.78, 5) is 28.1. The molecule has 0 saturated carbocycles. The molecule has 2 saturated heterocycles. The zero-order chi connectivity index (χ0) is 32.6. The molecule has 6 aromatic rings. The lowest BCUT2D eigenvalue weighted by Crippen LogP contribution is -2.54. The number of piperidine rings is 2. The van der Waals surface area contributed by atoms with Crippen molar-refractivity contribution in [2.24, 2.45) is 0 Å². The lowest BCUT2D eigenvalue weighted by Gasteiger charge is -2.45. The van der Waals surface area contributed by atoms with Gasteiger partial charge in [0, 0.05) is 55.6 Å². The first-order valence-corrected chi connectivity index (χ1v) is 17.2. The van der Waals surface area contributed by atoms with Gasteiger partial charge in [0.25, 0.3) is 5.91 Å². The Morgan fingerprint density at radius 1 is 0.896 bits per heavy atom. The van der Waals surface area contributed by atoms with Gasteiger partial charge < -0.3 is 28.5 Å². The van der Waals surface area contributed by atoms with Crippen molar-refractivity contribution >= 4 is 33.9 Å². The molecule has 8 rings (SSSR count). The normalized spacial score (nSPS) is 19.3. The number of carbonyl (C=O) groups excluding carboxylic acids is 1. The number of carbonyl (C=O) groups is 1. The summed E-state index contributed by atoms with van der Waals surface area (Å²) in [7, 11) is 0. The highest BCUT2D eigenvalue weighted by atomic mass is 16.4. The number of rotatable bonds is 8. The van der Waals surface area contributed by atoms with Gasteiger partial charge in [0.1, 0.15) is 11.3 Å². The molecule has 2 fully saturated rings. The minimum Gasteiger partial charge on any atom is -0.451 e. The first-order chi connectivity index (χ1) is 23.5. The van der Waals surface area contributed by atoms with E-state index in [0.717, 1.165) is 91.0 Å². The lowest BCUT2D eigenvalue weighted by molar-refractivity contribution is 0.0365. The van der Waals surface area contributed by atoms with Gasteiger partial charge in [0.05, 0.1) is 23.8 Å². The summed E-state index contributed by atoms with van der Waals surface area (Å²) in [5.41, 5.74) is 5.00. The van der Waals surface area contributed by atoms with Crippen molar-refractivity contribution in [1.82, 2.24) is 24.3 Å². The molecule has 48 heavy (non-hydrogen) atoms. The molecule has 9 heteroatoms. The third-order valence-corrected chi connectivity index (χ3v) is 10.3. The maximum atomic E-state index is 14.1. The molecule has 0 aliphatic carbocycles. The molecule has 0 spiro atoms. The van der Waals surface area contributed by atoms with Crippen molar-refractivity contribution in [3.63, 3.8) is 0 Å². The van der Waals surface area contributed by atoms with E-state index in [4.69, 9.17) is 13.8 Å². The maximum absolute atomic E-state index is 14.1. The average Bonchev–Trinajstić information content (AvgIpc) is 3.80. The van der Waals surface area contributed by atoms with Crippen molar-refractivity contribution in [3.8, 4) is 0 Å². The van der Waals surface area contributed by atoms with E-state index < -0.39 is 0 Å². The van der Waals surface area contributed by atoms with Crippen molar-refractivity contribution in [2.45, 2.75) is 70.6 Å². The first kappa shape index (κ1) is 30.4. The third-order valence-electron chi connectivity index (χ3n) is 10.3. The van der Waals surface area contributed by atoms with Crippen molar-refractivity contribution < 1.29 is 13.6 Å². The fourth-order valence-electron chi connectivity index (χ4n) is 7.79.